The number of aliphatic carboxylic acids is 1. The largest absolute Gasteiger partial charge is 0.550 e. The molecule has 0 amide bonds. The van der Waals surface area contributed by atoms with Gasteiger partial charge in [-0.2, -0.15) is 0 Å². The summed E-state index contributed by atoms with van der Waals surface area (Å²) in [4.78, 5) is 18.5. The maximum Gasteiger partial charge on any atom is 0.166 e. The minimum Gasteiger partial charge on any atom is -0.550 e. The van der Waals surface area contributed by atoms with Crippen LogP contribution in [0.2, 0.25) is 0 Å². The van der Waals surface area contributed by atoms with Gasteiger partial charge >= 0.3 is 0 Å². The molecule has 1 N–H and O–H groups in total. The third-order valence-electron chi connectivity index (χ3n) is 3.34. The van der Waals surface area contributed by atoms with E-state index in [1.165, 1.54) is 11.8 Å². The van der Waals surface area contributed by atoms with E-state index in [-0.39, 0.29) is 6.42 Å². The van der Waals surface area contributed by atoms with Gasteiger partial charge in [-0.15, -0.1) is 0 Å². The third-order valence-corrected chi connectivity index (χ3v) is 4.21. The van der Waals surface area contributed by atoms with Crippen molar-refractivity contribution in [3.05, 3.63) is 60.7 Å². The first kappa shape index (κ1) is 15.4. The molecule has 0 aliphatic heterocycles. The Morgan fingerprint density at radius 1 is 1.00 bits per heavy atom. The van der Waals surface area contributed by atoms with Gasteiger partial charge in [0, 0.05) is 22.8 Å². The van der Waals surface area contributed by atoms with Crippen molar-refractivity contribution in [2.75, 3.05) is 5.75 Å². The van der Waals surface area contributed by atoms with Crippen molar-refractivity contribution >= 4 is 17.7 Å². The van der Waals surface area contributed by atoms with E-state index in [1.54, 1.807) is 0 Å². The molecule has 5 heteroatoms. The van der Waals surface area contributed by atoms with Crippen LogP contribution in [0.25, 0.3) is 22.5 Å². The van der Waals surface area contributed by atoms with Crippen LogP contribution in [0.4, 0.5) is 0 Å². The lowest BCUT2D eigenvalue weighted by Gasteiger charge is -2.02. The van der Waals surface area contributed by atoms with E-state index < -0.39 is 5.97 Å². The molecule has 0 fully saturated rings. The number of nitrogens with one attached hydrogen (secondary N) is 1. The second kappa shape index (κ2) is 7.15. The van der Waals surface area contributed by atoms with Crippen molar-refractivity contribution in [2.24, 2.45) is 0 Å². The average molecular weight is 323 g/mol. The van der Waals surface area contributed by atoms with Crippen LogP contribution in [0.5, 0.6) is 0 Å². The van der Waals surface area contributed by atoms with Gasteiger partial charge in [0.1, 0.15) is 0 Å². The number of H-pyrrole nitrogens is 1. The number of thioether (sulfide) groups is 1. The van der Waals surface area contributed by atoms with Crippen molar-refractivity contribution in [3.63, 3.8) is 0 Å². The SMILES string of the molecule is O=C([O-])CCSc1nc(-c2ccccc2)c(-c2ccccc2)[nH]1. The van der Waals surface area contributed by atoms with E-state index in [0.29, 0.717) is 10.9 Å². The zero-order valence-corrected chi connectivity index (χ0v) is 13.2. The number of nitrogens with zero attached hydrogens (tertiary/aromatic N) is 1. The summed E-state index contributed by atoms with van der Waals surface area (Å²) < 4.78 is 0. The normalized spacial score (nSPS) is 10.6. The van der Waals surface area contributed by atoms with E-state index in [2.05, 4.69) is 9.97 Å². The van der Waals surface area contributed by atoms with Crippen LogP contribution in [0.15, 0.2) is 65.8 Å². The first-order chi connectivity index (χ1) is 11.2. The Hall–Kier alpha value is -2.53. The van der Waals surface area contributed by atoms with Crippen LogP contribution < -0.4 is 5.11 Å². The van der Waals surface area contributed by atoms with E-state index in [4.69, 9.17) is 0 Å². The fourth-order valence-corrected chi connectivity index (χ4v) is 3.06. The molecule has 0 bridgehead atoms. The van der Waals surface area contributed by atoms with Crippen molar-refractivity contribution < 1.29 is 9.90 Å². The molecule has 23 heavy (non-hydrogen) atoms. The van der Waals surface area contributed by atoms with Crippen LogP contribution in [0.1, 0.15) is 6.42 Å². The molecule has 0 aliphatic carbocycles. The molecule has 0 radical (unpaired) electrons. The van der Waals surface area contributed by atoms with Gasteiger partial charge in [0.2, 0.25) is 0 Å². The van der Waals surface area contributed by atoms with Crippen molar-refractivity contribution in [1.29, 1.82) is 0 Å². The molecule has 0 aliphatic rings. The summed E-state index contributed by atoms with van der Waals surface area (Å²) in [5.41, 5.74) is 3.88. The molecule has 116 valence electrons. The summed E-state index contributed by atoms with van der Waals surface area (Å²) >= 11 is 1.39. The van der Waals surface area contributed by atoms with E-state index in [1.807, 2.05) is 60.7 Å². The number of hydrogen-bond donors (Lipinski definition) is 1. The van der Waals surface area contributed by atoms with Crippen LogP contribution in [-0.2, 0) is 4.79 Å². The Morgan fingerprint density at radius 3 is 2.22 bits per heavy atom. The molecule has 2 aromatic carbocycles. The van der Waals surface area contributed by atoms with E-state index in [9.17, 15) is 9.90 Å². The molecule has 1 heterocycles. The molecular weight excluding hydrogens is 308 g/mol. The zero-order valence-electron chi connectivity index (χ0n) is 12.4. The Bertz CT molecular complexity index is 728. The predicted octanol–water partition coefficient (Wildman–Crippen LogP) is 2.98. The number of carbonyl (C=O) groups is 1. The number of aromatic nitrogens is 2. The number of carbonyl (C=O) groups excluding carboxylic acids is 1. The van der Waals surface area contributed by atoms with Gasteiger partial charge in [0.25, 0.3) is 0 Å². The topological polar surface area (TPSA) is 68.8 Å². The van der Waals surface area contributed by atoms with Crippen molar-refractivity contribution in [3.8, 4) is 22.5 Å². The summed E-state index contributed by atoms with van der Waals surface area (Å²) in [6.07, 6.45) is 0.00665. The number of benzene rings is 2. The van der Waals surface area contributed by atoms with Crippen molar-refractivity contribution in [1.82, 2.24) is 9.97 Å². The van der Waals surface area contributed by atoms with Gasteiger partial charge < -0.3 is 14.9 Å². The quantitative estimate of drug-likeness (QED) is 0.708. The fraction of sp³-hybridized carbons (Fsp3) is 0.111. The van der Waals surface area contributed by atoms with Crippen LogP contribution >= 0.6 is 11.8 Å². The number of carboxylic acids is 1. The van der Waals surface area contributed by atoms with Crippen molar-refractivity contribution in [2.45, 2.75) is 11.6 Å². The molecule has 0 spiro atoms. The van der Waals surface area contributed by atoms with Gasteiger partial charge in [-0.1, -0.05) is 72.4 Å². The summed E-state index contributed by atoms with van der Waals surface area (Å²) in [7, 11) is 0. The first-order valence-electron chi connectivity index (χ1n) is 7.27. The van der Waals surface area contributed by atoms with Gasteiger partial charge in [-0.3, -0.25) is 0 Å². The lowest BCUT2D eigenvalue weighted by atomic mass is 10.1. The monoisotopic (exact) mass is 323 g/mol. The standard InChI is InChI=1S/C18H16N2O2S/c21-15(22)11-12-23-18-19-16(13-7-3-1-4-8-13)17(20-18)14-9-5-2-6-10-14/h1-10H,11-12H2,(H,19,20)(H,21,22)/p-1. The van der Waals surface area contributed by atoms with Gasteiger partial charge in [-0.05, 0) is 6.42 Å². The maximum atomic E-state index is 10.5. The second-order valence-corrected chi connectivity index (χ2v) is 6.05. The zero-order chi connectivity index (χ0) is 16.1. The molecule has 3 rings (SSSR count). The summed E-state index contributed by atoms with van der Waals surface area (Å²) in [6, 6.07) is 19.9. The fourth-order valence-electron chi connectivity index (χ4n) is 2.27. The minimum atomic E-state index is -1.05. The van der Waals surface area contributed by atoms with Crippen LogP contribution in [-0.4, -0.2) is 21.7 Å². The molecular formula is C18H15N2O2S-. The molecule has 3 aromatic rings. The Balaban J connectivity index is 1.96. The molecule has 0 saturated heterocycles. The number of carboxylic acid groups (broad SMARTS) is 1. The summed E-state index contributed by atoms with van der Waals surface area (Å²) in [5.74, 6) is -0.617. The highest BCUT2D eigenvalue weighted by Crippen LogP contribution is 2.32. The van der Waals surface area contributed by atoms with Gasteiger partial charge in [-0.25, -0.2) is 4.98 Å². The van der Waals surface area contributed by atoms with E-state index in [0.717, 1.165) is 22.5 Å². The second-order valence-electron chi connectivity index (χ2n) is 4.97. The molecule has 0 saturated carbocycles. The number of imidazole rings is 1. The van der Waals surface area contributed by atoms with Gasteiger partial charge in [0.15, 0.2) is 5.16 Å². The predicted molar refractivity (Wildman–Crippen MR) is 89.8 cm³/mol. The molecule has 1 aromatic heterocycles. The Kier molecular flexibility index (Phi) is 4.78. The highest BCUT2D eigenvalue weighted by Gasteiger charge is 2.14. The van der Waals surface area contributed by atoms with Gasteiger partial charge in [0.05, 0.1) is 11.4 Å². The Morgan fingerprint density at radius 2 is 1.61 bits per heavy atom. The molecule has 4 nitrogen and oxygen atoms in total. The number of rotatable bonds is 6. The highest BCUT2D eigenvalue weighted by molar-refractivity contribution is 7.99. The minimum absolute atomic E-state index is 0.00665. The lowest BCUT2D eigenvalue weighted by molar-refractivity contribution is -0.305. The first-order valence-corrected chi connectivity index (χ1v) is 8.26. The Labute approximate surface area is 138 Å². The highest BCUT2D eigenvalue weighted by atomic mass is 32.2. The number of aromatic amines is 1. The lowest BCUT2D eigenvalue weighted by Crippen LogP contribution is -2.22. The average Bonchev–Trinajstić information content (AvgIpc) is 3.00. The molecule has 0 unspecified atom stereocenters. The third kappa shape index (κ3) is 3.81. The number of hydrogen-bond acceptors (Lipinski definition) is 4. The summed E-state index contributed by atoms with van der Waals surface area (Å²) in [6.45, 7) is 0. The van der Waals surface area contributed by atoms with E-state index >= 15 is 0 Å². The maximum absolute atomic E-state index is 10.5. The summed E-state index contributed by atoms with van der Waals surface area (Å²) in [5, 5.41) is 11.3. The smallest absolute Gasteiger partial charge is 0.166 e. The molecule has 0 atom stereocenters. The van der Waals surface area contributed by atoms with Crippen LogP contribution in [0, 0.1) is 0 Å². The van der Waals surface area contributed by atoms with Crippen LogP contribution in [0.3, 0.4) is 0 Å².